The molecule has 0 radical (unpaired) electrons. The van der Waals surface area contributed by atoms with E-state index in [1.807, 2.05) is 12.2 Å². The Morgan fingerprint density at radius 3 is 2.13 bits per heavy atom. The molecule has 0 spiro atoms. The molecule has 1 aliphatic heterocycles. The van der Waals surface area contributed by atoms with Crippen LogP contribution >= 0.6 is 0 Å². The monoisotopic (exact) mass is 418 g/mol. The first-order valence-corrected chi connectivity index (χ1v) is 10.1. The van der Waals surface area contributed by atoms with Crippen molar-refractivity contribution in [1.29, 1.82) is 0 Å². The molecule has 0 unspecified atom stereocenters. The zero-order valence-corrected chi connectivity index (χ0v) is 16.5. The van der Waals surface area contributed by atoms with Gasteiger partial charge in [-0.15, -0.1) is 0 Å². The lowest BCUT2D eigenvalue weighted by Crippen LogP contribution is -2.49. The minimum absolute atomic E-state index is 0.0284. The van der Waals surface area contributed by atoms with Crippen LogP contribution in [0.25, 0.3) is 0 Å². The zero-order valence-electron chi connectivity index (χ0n) is 16.5. The summed E-state index contributed by atoms with van der Waals surface area (Å²) in [5, 5.41) is 0. The van der Waals surface area contributed by atoms with Crippen LogP contribution in [-0.4, -0.2) is 35.5 Å². The summed E-state index contributed by atoms with van der Waals surface area (Å²) in [4.78, 5) is 39.9. The Labute approximate surface area is 171 Å². The Kier molecular flexibility index (Phi) is 3.98. The first-order valence-electron chi connectivity index (χ1n) is 10.1. The van der Waals surface area contributed by atoms with E-state index in [0.29, 0.717) is 22.3 Å². The second-order valence-corrected chi connectivity index (χ2v) is 8.92. The molecular formula is C22H21F3N2O3. The summed E-state index contributed by atoms with van der Waals surface area (Å²) in [5.74, 6) is -3.31. The smallest absolute Gasteiger partial charge is 0.286 e. The van der Waals surface area contributed by atoms with Gasteiger partial charge in [-0.1, -0.05) is 29.8 Å². The number of hydrogen-bond donors (Lipinski definition) is 0. The predicted octanol–water partition coefficient (Wildman–Crippen LogP) is 3.21. The van der Waals surface area contributed by atoms with Crippen LogP contribution in [0, 0.1) is 49.4 Å². The van der Waals surface area contributed by atoms with Gasteiger partial charge < -0.3 is 0 Å². The number of allylic oxidation sites excluding steroid dienone is 2. The number of halogens is 3. The van der Waals surface area contributed by atoms with Crippen LogP contribution in [0.3, 0.4) is 0 Å². The van der Waals surface area contributed by atoms with E-state index >= 15 is 0 Å². The third-order valence-corrected chi connectivity index (χ3v) is 7.17. The van der Waals surface area contributed by atoms with Gasteiger partial charge in [0.1, 0.15) is 6.67 Å². The Balaban J connectivity index is 1.49. The molecule has 30 heavy (non-hydrogen) atoms. The predicted molar refractivity (Wildman–Crippen MR) is 101 cm³/mol. The lowest BCUT2D eigenvalue weighted by atomic mass is 9.63. The minimum Gasteiger partial charge on any atom is -0.286 e. The van der Waals surface area contributed by atoms with Crippen LogP contribution < -0.4 is 4.90 Å². The van der Waals surface area contributed by atoms with Crippen molar-refractivity contribution in [2.24, 2.45) is 35.5 Å². The molecule has 4 aliphatic carbocycles. The lowest BCUT2D eigenvalue weighted by molar-refractivity contribution is -0.171. The highest BCUT2D eigenvalue weighted by Crippen LogP contribution is 2.65. The van der Waals surface area contributed by atoms with E-state index in [9.17, 15) is 27.6 Å². The number of anilines is 1. The van der Waals surface area contributed by atoms with E-state index in [-0.39, 0.29) is 17.5 Å². The average molecular weight is 418 g/mol. The molecule has 1 aromatic carbocycles. The standard InChI is InChI=1S/C22H21F3N2O3/c1-10-3-6-16(11(2)7-10)26(21(30)22(23,24)25)9-27-19(28)17-12-4-5-13(15-8-14(12)15)18(17)20(27)29/h3-7,12-15,17-18H,8-9H2,1-2H3/t12-,13-,14-,15+,17-,18+/m0/s1. The summed E-state index contributed by atoms with van der Waals surface area (Å²) in [6, 6.07) is 4.69. The minimum atomic E-state index is -5.13. The zero-order chi connectivity index (χ0) is 21.5. The van der Waals surface area contributed by atoms with Crippen LogP contribution in [0.1, 0.15) is 17.5 Å². The Morgan fingerprint density at radius 1 is 1.07 bits per heavy atom. The van der Waals surface area contributed by atoms with Crippen molar-refractivity contribution in [2.75, 3.05) is 11.6 Å². The van der Waals surface area contributed by atoms with Gasteiger partial charge in [-0.05, 0) is 55.6 Å². The van der Waals surface area contributed by atoms with E-state index in [1.54, 1.807) is 26.0 Å². The van der Waals surface area contributed by atoms with Crippen LogP contribution in [0.15, 0.2) is 30.4 Å². The summed E-state index contributed by atoms with van der Waals surface area (Å²) in [6.07, 6.45) is -0.135. The normalized spacial score (nSPS) is 33.6. The van der Waals surface area contributed by atoms with Gasteiger partial charge >= 0.3 is 12.1 Å². The van der Waals surface area contributed by atoms with Crippen LogP contribution in [0.4, 0.5) is 18.9 Å². The second-order valence-electron chi connectivity index (χ2n) is 8.92. The molecule has 2 saturated carbocycles. The maximum Gasteiger partial charge on any atom is 0.471 e. The van der Waals surface area contributed by atoms with E-state index in [1.165, 1.54) is 6.07 Å². The van der Waals surface area contributed by atoms with Crippen molar-refractivity contribution < 1.29 is 27.6 Å². The van der Waals surface area contributed by atoms with Gasteiger partial charge in [-0.3, -0.25) is 24.2 Å². The first kappa shape index (κ1) is 19.3. The van der Waals surface area contributed by atoms with Crippen molar-refractivity contribution >= 4 is 23.4 Å². The number of carbonyl (C=O) groups excluding carboxylic acids is 3. The highest BCUT2D eigenvalue weighted by Gasteiger charge is 2.67. The number of carbonyl (C=O) groups is 3. The van der Waals surface area contributed by atoms with E-state index in [0.717, 1.165) is 16.9 Å². The number of alkyl halides is 3. The number of likely N-dealkylation sites (tertiary alicyclic amines) is 1. The van der Waals surface area contributed by atoms with Crippen molar-refractivity contribution in [3.8, 4) is 0 Å². The van der Waals surface area contributed by atoms with Crippen molar-refractivity contribution in [3.63, 3.8) is 0 Å². The third kappa shape index (κ3) is 2.65. The fourth-order valence-corrected chi connectivity index (χ4v) is 5.81. The SMILES string of the molecule is Cc1ccc(N(CN2C(=O)[C@@H]3[C@H]4C=C[C@@H]([C@@H]5C[C@H]45)[C@@H]3C2=O)C(=O)C(F)(F)F)c(C)c1. The molecule has 8 heteroatoms. The largest absolute Gasteiger partial charge is 0.471 e. The van der Waals surface area contributed by atoms with Crippen molar-refractivity contribution in [1.82, 2.24) is 4.90 Å². The van der Waals surface area contributed by atoms with Gasteiger partial charge in [0, 0.05) is 5.69 Å². The summed E-state index contributed by atoms with van der Waals surface area (Å²) >= 11 is 0. The summed E-state index contributed by atoms with van der Waals surface area (Å²) in [7, 11) is 0. The molecular weight excluding hydrogens is 397 g/mol. The molecule has 1 saturated heterocycles. The third-order valence-electron chi connectivity index (χ3n) is 7.17. The molecule has 3 fully saturated rings. The van der Waals surface area contributed by atoms with Crippen LogP contribution in [0.5, 0.6) is 0 Å². The lowest BCUT2D eigenvalue weighted by Gasteiger charge is -2.37. The highest BCUT2D eigenvalue weighted by atomic mass is 19.4. The van der Waals surface area contributed by atoms with Crippen LogP contribution in [0.2, 0.25) is 0 Å². The topological polar surface area (TPSA) is 57.7 Å². The van der Waals surface area contributed by atoms with Gasteiger partial charge in [0.15, 0.2) is 0 Å². The van der Waals surface area contributed by atoms with Crippen LogP contribution in [-0.2, 0) is 14.4 Å². The maximum absolute atomic E-state index is 13.4. The summed E-state index contributed by atoms with van der Waals surface area (Å²) in [6.45, 7) is 2.67. The molecule has 5 nitrogen and oxygen atoms in total. The quantitative estimate of drug-likeness (QED) is 0.560. The van der Waals surface area contributed by atoms with Gasteiger partial charge in [0.2, 0.25) is 11.8 Å². The van der Waals surface area contributed by atoms with Gasteiger partial charge in [-0.25, -0.2) is 0 Å². The molecule has 1 aromatic rings. The van der Waals surface area contributed by atoms with Crippen molar-refractivity contribution in [2.45, 2.75) is 26.4 Å². The summed E-state index contributed by atoms with van der Waals surface area (Å²) < 4.78 is 40.1. The molecule has 0 aromatic heterocycles. The molecule has 1 heterocycles. The Bertz CT molecular complexity index is 966. The number of amides is 3. The number of benzene rings is 1. The van der Waals surface area contributed by atoms with Gasteiger partial charge in [-0.2, -0.15) is 13.2 Å². The molecule has 2 bridgehead atoms. The Morgan fingerprint density at radius 2 is 1.63 bits per heavy atom. The number of imide groups is 1. The molecule has 0 N–H and O–H groups in total. The fraction of sp³-hybridized carbons (Fsp3) is 0.500. The number of nitrogens with zero attached hydrogens (tertiary/aromatic N) is 2. The van der Waals surface area contributed by atoms with Gasteiger partial charge in [0.05, 0.1) is 11.8 Å². The molecule has 158 valence electrons. The van der Waals surface area contributed by atoms with Crippen molar-refractivity contribution in [3.05, 3.63) is 41.5 Å². The first-order chi connectivity index (χ1) is 14.1. The Hall–Kier alpha value is -2.64. The number of rotatable bonds is 3. The van der Waals surface area contributed by atoms with E-state index in [4.69, 9.17) is 0 Å². The van der Waals surface area contributed by atoms with E-state index in [2.05, 4.69) is 0 Å². The molecule has 6 atom stereocenters. The van der Waals surface area contributed by atoms with E-state index < -0.39 is 42.4 Å². The number of aryl methyl sites for hydroxylation is 2. The molecule has 6 rings (SSSR count). The number of hydrogen-bond acceptors (Lipinski definition) is 3. The average Bonchev–Trinajstić information content (AvgIpc) is 3.45. The maximum atomic E-state index is 13.4. The summed E-state index contributed by atoms with van der Waals surface area (Å²) in [5.41, 5.74) is 1.34. The van der Waals surface area contributed by atoms with Gasteiger partial charge in [0.25, 0.3) is 0 Å². The molecule has 5 aliphatic rings. The molecule has 3 amide bonds. The highest BCUT2D eigenvalue weighted by molar-refractivity contribution is 6.07. The fourth-order valence-electron chi connectivity index (χ4n) is 5.81. The second kappa shape index (κ2) is 6.18.